The van der Waals surface area contributed by atoms with Crippen molar-refractivity contribution in [3.8, 4) is 0 Å². The first kappa shape index (κ1) is 11.5. The van der Waals surface area contributed by atoms with Crippen molar-refractivity contribution in [2.75, 3.05) is 11.1 Å². The van der Waals surface area contributed by atoms with Crippen molar-refractivity contribution >= 4 is 37.4 Å². The number of hydrogen-bond donors (Lipinski definition) is 1. The zero-order chi connectivity index (χ0) is 11.9. The molecule has 0 radical (unpaired) electrons. The number of rotatable bonds is 0. The van der Waals surface area contributed by atoms with Crippen LogP contribution in [-0.4, -0.2) is 20.1 Å². The van der Waals surface area contributed by atoms with E-state index in [1.165, 1.54) is 6.07 Å². The molecule has 2 rings (SSSR count). The average molecular weight is 308 g/mol. The quantitative estimate of drug-likeness (QED) is 0.793. The third-order valence-electron chi connectivity index (χ3n) is 2.23. The van der Waals surface area contributed by atoms with Crippen molar-refractivity contribution < 1.29 is 17.6 Å². The molecule has 1 amide bonds. The van der Waals surface area contributed by atoms with E-state index in [1.807, 2.05) is 0 Å². The van der Waals surface area contributed by atoms with Gasteiger partial charge in [0.15, 0.2) is 9.84 Å². The molecule has 1 aliphatic rings. The van der Waals surface area contributed by atoms with Crippen molar-refractivity contribution in [3.05, 3.63) is 22.4 Å². The molecule has 86 valence electrons. The first-order chi connectivity index (χ1) is 7.40. The molecular weight excluding hydrogens is 301 g/mol. The molecule has 1 N–H and O–H groups in total. The van der Waals surface area contributed by atoms with E-state index in [-0.39, 0.29) is 33.1 Å². The maximum absolute atomic E-state index is 13.3. The van der Waals surface area contributed by atoms with Gasteiger partial charge in [0, 0.05) is 6.42 Å². The van der Waals surface area contributed by atoms with Crippen LogP contribution in [0.4, 0.5) is 10.1 Å². The van der Waals surface area contributed by atoms with E-state index in [1.54, 1.807) is 0 Å². The van der Waals surface area contributed by atoms with Crippen LogP contribution < -0.4 is 5.32 Å². The Labute approximate surface area is 99.9 Å². The fraction of sp³-hybridized carbons (Fsp3) is 0.222. The van der Waals surface area contributed by atoms with Gasteiger partial charge in [0.25, 0.3) is 0 Å². The van der Waals surface area contributed by atoms with Crippen LogP contribution in [0.25, 0.3) is 0 Å². The third kappa shape index (κ3) is 1.97. The number of benzene rings is 1. The minimum absolute atomic E-state index is 0.114. The van der Waals surface area contributed by atoms with Gasteiger partial charge in [-0.3, -0.25) is 4.79 Å². The lowest BCUT2D eigenvalue weighted by Crippen LogP contribution is -2.11. The fourth-order valence-corrected chi connectivity index (χ4v) is 3.18. The number of carbonyl (C=O) groups is 1. The molecule has 0 saturated carbocycles. The van der Waals surface area contributed by atoms with Crippen molar-refractivity contribution in [1.29, 1.82) is 0 Å². The Bertz CT molecular complexity index is 570. The Kier molecular flexibility index (Phi) is 2.75. The van der Waals surface area contributed by atoms with Gasteiger partial charge in [-0.2, -0.15) is 0 Å². The highest BCUT2D eigenvalue weighted by atomic mass is 79.9. The molecule has 0 aliphatic carbocycles. The molecule has 4 nitrogen and oxygen atoms in total. The lowest BCUT2D eigenvalue weighted by Gasteiger charge is -2.07. The summed E-state index contributed by atoms with van der Waals surface area (Å²) in [4.78, 5) is 11.1. The average Bonchev–Trinajstić information content (AvgIpc) is 2.29. The second-order valence-electron chi connectivity index (χ2n) is 3.38. The number of nitrogens with one attached hydrogen (secondary N) is 1. The summed E-state index contributed by atoms with van der Waals surface area (Å²) in [6.45, 7) is 0. The van der Waals surface area contributed by atoms with Crippen LogP contribution in [0.5, 0.6) is 0 Å². The van der Waals surface area contributed by atoms with Gasteiger partial charge in [0.1, 0.15) is 5.82 Å². The molecular formula is C9H7BrFNO3S. The predicted octanol–water partition coefficient (Wildman–Crippen LogP) is 1.70. The van der Waals surface area contributed by atoms with E-state index in [4.69, 9.17) is 0 Å². The number of sulfone groups is 1. The molecule has 0 saturated heterocycles. The van der Waals surface area contributed by atoms with Gasteiger partial charge >= 0.3 is 0 Å². The van der Waals surface area contributed by atoms with E-state index in [0.29, 0.717) is 0 Å². The number of anilines is 1. The highest BCUT2D eigenvalue weighted by molar-refractivity contribution is 9.10. The van der Waals surface area contributed by atoms with Gasteiger partial charge in [-0.05, 0) is 28.1 Å². The largest absolute Gasteiger partial charge is 0.325 e. The van der Waals surface area contributed by atoms with Crippen molar-refractivity contribution in [2.24, 2.45) is 0 Å². The van der Waals surface area contributed by atoms with Gasteiger partial charge < -0.3 is 5.32 Å². The van der Waals surface area contributed by atoms with Crippen LogP contribution in [0.1, 0.15) is 6.42 Å². The molecule has 0 atom stereocenters. The summed E-state index contributed by atoms with van der Waals surface area (Å²) in [6.07, 6.45) is -0.115. The van der Waals surface area contributed by atoms with E-state index in [2.05, 4.69) is 21.2 Å². The maximum Gasteiger partial charge on any atom is 0.225 e. The molecule has 7 heteroatoms. The van der Waals surface area contributed by atoms with Crippen LogP contribution in [0.2, 0.25) is 0 Å². The van der Waals surface area contributed by atoms with E-state index < -0.39 is 15.7 Å². The van der Waals surface area contributed by atoms with Gasteiger partial charge in [0.2, 0.25) is 5.91 Å². The second kappa shape index (κ2) is 3.81. The first-order valence-electron chi connectivity index (χ1n) is 4.42. The lowest BCUT2D eigenvalue weighted by atomic mass is 10.3. The zero-order valence-corrected chi connectivity index (χ0v) is 10.4. The SMILES string of the molecule is O=C1CCS(=O)(=O)c2cc(F)c(Br)cc2N1. The standard InChI is InChI=1S/C9H7BrFNO3S/c10-5-3-7-8(4-6(5)11)16(14,15)2-1-9(13)12-7/h3-4H,1-2H2,(H,12,13). The summed E-state index contributed by atoms with van der Waals surface area (Å²) in [7, 11) is -3.59. The summed E-state index contributed by atoms with van der Waals surface area (Å²) in [5, 5.41) is 2.43. The Morgan fingerprint density at radius 1 is 1.38 bits per heavy atom. The Morgan fingerprint density at radius 2 is 2.06 bits per heavy atom. The lowest BCUT2D eigenvalue weighted by molar-refractivity contribution is -0.115. The number of amides is 1. The molecule has 0 bridgehead atoms. The number of halogens is 2. The Morgan fingerprint density at radius 3 is 2.75 bits per heavy atom. The highest BCUT2D eigenvalue weighted by Gasteiger charge is 2.26. The second-order valence-corrected chi connectivity index (χ2v) is 6.31. The van der Waals surface area contributed by atoms with Gasteiger partial charge in [-0.1, -0.05) is 0 Å². The van der Waals surface area contributed by atoms with Gasteiger partial charge in [-0.15, -0.1) is 0 Å². The number of fused-ring (bicyclic) bond motifs is 1. The van der Waals surface area contributed by atoms with Crippen LogP contribution in [0.15, 0.2) is 21.5 Å². The Hall–Kier alpha value is -0.950. The monoisotopic (exact) mass is 307 g/mol. The summed E-state index contributed by atoms with van der Waals surface area (Å²) < 4.78 is 36.8. The first-order valence-corrected chi connectivity index (χ1v) is 6.86. The summed E-state index contributed by atoms with van der Waals surface area (Å²) in [5.74, 6) is -1.35. The smallest absolute Gasteiger partial charge is 0.225 e. The zero-order valence-electron chi connectivity index (χ0n) is 7.96. The molecule has 0 aromatic heterocycles. The summed E-state index contributed by atoms with van der Waals surface area (Å²) >= 11 is 2.94. The molecule has 0 spiro atoms. The number of carbonyl (C=O) groups excluding carboxylic acids is 1. The molecule has 1 aromatic carbocycles. The normalized spacial score (nSPS) is 18.5. The van der Waals surface area contributed by atoms with Crippen LogP contribution >= 0.6 is 15.9 Å². The van der Waals surface area contributed by atoms with E-state index in [9.17, 15) is 17.6 Å². The topological polar surface area (TPSA) is 63.2 Å². The summed E-state index contributed by atoms with van der Waals surface area (Å²) in [5.41, 5.74) is 0.121. The van der Waals surface area contributed by atoms with Crippen molar-refractivity contribution in [2.45, 2.75) is 11.3 Å². The highest BCUT2D eigenvalue weighted by Crippen LogP contribution is 2.31. The third-order valence-corrected chi connectivity index (χ3v) is 4.59. The van der Waals surface area contributed by atoms with Crippen LogP contribution in [0, 0.1) is 5.82 Å². The molecule has 1 heterocycles. The molecule has 0 fully saturated rings. The molecule has 16 heavy (non-hydrogen) atoms. The van der Waals surface area contributed by atoms with Crippen molar-refractivity contribution in [3.63, 3.8) is 0 Å². The molecule has 1 aliphatic heterocycles. The minimum Gasteiger partial charge on any atom is -0.325 e. The molecule has 0 unspecified atom stereocenters. The summed E-state index contributed by atoms with van der Waals surface area (Å²) in [6, 6.07) is 2.17. The fourth-order valence-electron chi connectivity index (χ4n) is 1.43. The minimum atomic E-state index is -3.59. The van der Waals surface area contributed by atoms with Crippen LogP contribution in [-0.2, 0) is 14.6 Å². The van der Waals surface area contributed by atoms with Crippen LogP contribution in [0.3, 0.4) is 0 Å². The number of hydrogen-bond acceptors (Lipinski definition) is 3. The van der Waals surface area contributed by atoms with Gasteiger partial charge in [0.05, 0.1) is 20.8 Å². The van der Waals surface area contributed by atoms with E-state index >= 15 is 0 Å². The van der Waals surface area contributed by atoms with E-state index in [0.717, 1.165) is 6.07 Å². The Balaban J connectivity index is 2.71. The molecule has 1 aromatic rings. The maximum atomic E-state index is 13.3. The van der Waals surface area contributed by atoms with Gasteiger partial charge in [-0.25, -0.2) is 12.8 Å². The van der Waals surface area contributed by atoms with Crippen molar-refractivity contribution in [1.82, 2.24) is 0 Å². The predicted molar refractivity (Wildman–Crippen MR) is 59.4 cm³/mol.